The van der Waals surface area contributed by atoms with E-state index in [0.717, 1.165) is 42.1 Å². The fourth-order valence-electron chi connectivity index (χ4n) is 3.23. The Morgan fingerprint density at radius 3 is 2.64 bits per heavy atom. The monoisotopic (exact) mass is 342 g/mol. The summed E-state index contributed by atoms with van der Waals surface area (Å²) < 4.78 is 11.8. The maximum Gasteiger partial charge on any atom is 0.125 e. The van der Waals surface area contributed by atoms with E-state index in [0.29, 0.717) is 13.2 Å². The zero-order chi connectivity index (χ0) is 17.6. The summed E-state index contributed by atoms with van der Waals surface area (Å²) in [6.07, 6.45) is 4.08. The van der Waals surface area contributed by atoms with Gasteiger partial charge < -0.3 is 14.6 Å². The van der Waals surface area contributed by atoms with Crippen LogP contribution in [-0.4, -0.2) is 53.4 Å². The van der Waals surface area contributed by atoms with Crippen LogP contribution < -0.4 is 9.47 Å². The maximum absolute atomic E-state index is 10.3. The highest BCUT2D eigenvalue weighted by Crippen LogP contribution is 2.23. The first-order valence-corrected chi connectivity index (χ1v) is 8.78. The number of likely N-dealkylation sites (tertiary alicyclic amines) is 1. The van der Waals surface area contributed by atoms with Crippen LogP contribution in [0.4, 0.5) is 0 Å². The molecule has 0 spiro atoms. The summed E-state index contributed by atoms with van der Waals surface area (Å²) in [5, 5.41) is 10.3. The molecular formula is C20H26N2O3. The van der Waals surface area contributed by atoms with E-state index < -0.39 is 6.10 Å². The number of aromatic nitrogens is 1. The fraction of sp³-hybridized carbons (Fsp3) is 0.450. The standard InChI is InChI=1S/C20H26N2O3/c1-15-4-3-5-16(2)20(15)24-14-17(23)12-22-11-8-19(13-22)25-18-6-9-21-10-7-18/h3-7,9-10,17,19,23H,8,11-14H2,1-2H3. The van der Waals surface area contributed by atoms with Crippen molar-refractivity contribution in [1.82, 2.24) is 9.88 Å². The Bertz CT molecular complexity index is 658. The second-order valence-electron chi connectivity index (χ2n) is 6.66. The first kappa shape index (κ1) is 17.7. The summed E-state index contributed by atoms with van der Waals surface area (Å²) >= 11 is 0. The second kappa shape index (κ2) is 8.32. The molecule has 0 saturated carbocycles. The molecule has 1 aliphatic heterocycles. The average molecular weight is 342 g/mol. The average Bonchev–Trinajstić information content (AvgIpc) is 3.02. The number of nitrogens with zero attached hydrogens (tertiary/aromatic N) is 2. The van der Waals surface area contributed by atoms with Crippen molar-refractivity contribution in [2.24, 2.45) is 0 Å². The number of ether oxygens (including phenoxy) is 2. The molecule has 5 nitrogen and oxygen atoms in total. The highest BCUT2D eigenvalue weighted by molar-refractivity contribution is 5.39. The third-order valence-electron chi connectivity index (χ3n) is 4.48. The lowest BCUT2D eigenvalue weighted by molar-refractivity contribution is 0.0715. The second-order valence-corrected chi connectivity index (χ2v) is 6.66. The van der Waals surface area contributed by atoms with Gasteiger partial charge in [-0.2, -0.15) is 0 Å². The lowest BCUT2D eigenvalue weighted by atomic mass is 10.1. The van der Waals surface area contributed by atoms with Gasteiger partial charge in [-0.15, -0.1) is 0 Å². The van der Waals surface area contributed by atoms with Gasteiger partial charge in [0.1, 0.15) is 30.3 Å². The lowest BCUT2D eigenvalue weighted by Gasteiger charge is -2.21. The van der Waals surface area contributed by atoms with Crippen molar-refractivity contribution in [3.8, 4) is 11.5 Å². The number of pyridine rings is 1. The molecular weight excluding hydrogens is 316 g/mol. The van der Waals surface area contributed by atoms with Crippen molar-refractivity contribution in [2.75, 3.05) is 26.2 Å². The van der Waals surface area contributed by atoms with Gasteiger partial charge in [-0.25, -0.2) is 0 Å². The summed E-state index contributed by atoms with van der Waals surface area (Å²) in [4.78, 5) is 6.22. The minimum atomic E-state index is -0.515. The molecule has 25 heavy (non-hydrogen) atoms. The van der Waals surface area contributed by atoms with Gasteiger partial charge in [0.05, 0.1) is 0 Å². The highest BCUT2D eigenvalue weighted by atomic mass is 16.5. The molecule has 2 atom stereocenters. The molecule has 5 heteroatoms. The van der Waals surface area contributed by atoms with E-state index in [4.69, 9.17) is 9.47 Å². The summed E-state index contributed by atoms with van der Waals surface area (Å²) in [5.41, 5.74) is 2.19. The summed E-state index contributed by atoms with van der Waals surface area (Å²) in [5.74, 6) is 1.72. The minimum Gasteiger partial charge on any atom is -0.490 e. The van der Waals surface area contributed by atoms with E-state index in [-0.39, 0.29) is 6.10 Å². The first-order valence-electron chi connectivity index (χ1n) is 8.78. The number of β-amino-alcohol motifs (C(OH)–C–C–N with tert-alkyl or cyclic N) is 1. The van der Waals surface area contributed by atoms with Crippen molar-refractivity contribution in [2.45, 2.75) is 32.5 Å². The van der Waals surface area contributed by atoms with Crippen LogP contribution in [0.25, 0.3) is 0 Å². The number of hydrogen-bond acceptors (Lipinski definition) is 5. The van der Waals surface area contributed by atoms with Crippen LogP contribution in [0.15, 0.2) is 42.7 Å². The summed E-state index contributed by atoms with van der Waals surface area (Å²) in [6.45, 7) is 6.70. The smallest absolute Gasteiger partial charge is 0.125 e. The van der Waals surface area contributed by atoms with E-state index in [9.17, 15) is 5.11 Å². The Morgan fingerprint density at radius 2 is 1.92 bits per heavy atom. The van der Waals surface area contributed by atoms with Crippen LogP contribution in [0.2, 0.25) is 0 Å². The highest BCUT2D eigenvalue weighted by Gasteiger charge is 2.25. The summed E-state index contributed by atoms with van der Waals surface area (Å²) in [7, 11) is 0. The van der Waals surface area contributed by atoms with Gasteiger partial charge >= 0.3 is 0 Å². The van der Waals surface area contributed by atoms with Gasteiger partial charge in [0.15, 0.2) is 0 Å². The number of aryl methyl sites for hydroxylation is 2. The molecule has 2 aromatic rings. The van der Waals surface area contributed by atoms with Crippen LogP contribution in [0.3, 0.4) is 0 Å². The Kier molecular flexibility index (Phi) is 5.89. The zero-order valence-corrected chi connectivity index (χ0v) is 14.9. The predicted molar refractivity (Wildman–Crippen MR) is 97.1 cm³/mol. The first-order chi connectivity index (χ1) is 12.1. The molecule has 1 N–H and O–H groups in total. The van der Waals surface area contributed by atoms with E-state index in [1.165, 1.54) is 0 Å². The van der Waals surface area contributed by atoms with Crippen LogP contribution in [0, 0.1) is 13.8 Å². The van der Waals surface area contributed by atoms with Gasteiger partial charge in [-0.3, -0.25) is 9.88 Å². The molecule has 0 radical (unpaired) electrons. The number of aliphatic hydroxyl groups excluding tert-OH is 1. The quantitative estimate of drug-likeness (QED) is 0.838. The third kappa shape index (κ3) is 4.94. The molecule has 2 heterocycles. The number of benzene rings is 1. The number of rotatable bonds is 7. The molecule has 134 valence electrons. The molecule has 3 rings (SSSR count). The van der Waals surface area contributed by atoms with Crippen LogP contribution >= 0.6 is 0 Å². The van der Waals surface area contributed by atoms with Gasteiger partial charge in [-0.1, -0.05) is 18.2 Å². The molecule has 1 aromatic heterocycles. The van der Waals surface area contributed by atoms with E-state index >= 15 is 0 Å². The largest absolute Gasteiger partial charge is 0.490 e. The normalized spacial score (nSPS) is 18.9. The molecule has 0 aliphatic carbocycles. The third-order valence-corrected chi connectivity index (χ3v) is 4.48. The molecule has 0 amide bonds. The van der Waals surface area contributed by atoms with Crippen molar-refractivity contribution in [3.63, 3.8) is 0 Å². The van der Waals surface area contributed by atoms with Crippen molar-refractivity contribution >= 4 is 0 Å². The summed E-state index contributed by atoms with van der Waals surface area (Å²) in [6, 6.07) is 9.80. The van der Waals surface area contributed by atoms with E-state index in [2.05, 4.69) is 9.88 Å². The Labute approximate surface area is 149 Å². The number of hydrogen-bond donors (Lipinski definition) is 1. The Morgan fingerprint density at radius 1 is 1.20 bits per heavy atom. The molecule has 1 aromatic carbocycles. The number of aliphatic hydroxyl groups is 1. The van der Waals surface area contributed by atoms with Crippen molar-refractivity contribution in [1.29, 1.82) is 0 Å². The van der Waals surface area contributed by atoms with E-state index in [1.807, 2.05) is 44.2 Å². The Hall–Kier alpha value is -2.11. The van der Waals surface area contributed by atoms with Gasteiger partial charge in [0.2, 0.25) is 0 Å². The SMILES string of the molecule is Cc1cccc(C)c1OCC(O)CN1CCC(Oc2ccncc2)C1. The topological polar surface area (TPSA) is 54.8 Å². The van der Waals surface area contributed by atoms with Crippen LogP contribution in [-0.2, 0) is 0 Å². The van der Waals surface area contributed by atoms with Gasteiger partial charge in [-0.05, 0) is 43.5 Å². The minimum absolute atomic E-state index is 0.161. The van der Waals surface area contributed by atoms with Crippen LogP contribution in [0.1, 0.15) is 17.5 Å². The maximum atomic E-state index is 10.3. The van der Waals surface area contributed by atoms with Gasteiger partial charge in [0, 0.05) is 32.0 Å². The zero-order valence-electron chi connectivity index (χ0n) is 14.9. The molecule has 2 unspecified atom stereocenters. The van der Waals surface area contributed by atoms with Crippen molar-refractivity contribution in [3.05, 3.63) is 53.9 Å². The molecule has 0 bridgehead atoms. The van der Waals surface area contributed by atoms with Gasteiger partial charge in [0.25, 0.3) is 0 Å². The molecule has 1 fully saturated rings. The predicted octanol–water partition coefficient (Wildman–Crippen LogP) is 2.59. The number of para-hydroxylation sites is 1. The Balaban J connectivity index is 1.44. The fourth-order valence-corrected chi connectivity index (χ4v) is 3.23. The van der Waals surface area contributed by atoms with Crippen LogP contribution in [0.5, 0.6) is 11.5 Å². The van der Waals surface area contributed by atoms with E-state index in [1.54, 1.807) is 12.4 Å². The van der Waals surface area contributed by atoms with Crippen molar-refractivity contribution < 1.29 is 14.6 Å². The molecule has 1 saturated heterocycles. The molecule has 1 aliphatic rings. The lowest BCUT2D eigenvalue weighted by Crippen LogP contribution is -2.35.